The van der Waals surface area contributed by atoms with E-state index in [4.69, 9.17) is 10.5 Å². The molecule has 28 heavy (non-hydrogen) atoms. The Kier molecular flexibility index (Phi) is 5.28. The Hall–Kier alpha value is -2.89. The van der Waals surface area contributed by atoms with Gasteiger partial charge in [0.05, 0.1) is 0 Å². The van der Waals surface area contributed by atoms with Crippen molar-refractivity contribution in [2.45, 2.75) is 38.1 Å². The van der Waals surface area contributed by atoms with Crippen LogP contribution in [0.15, 0.2) is 67.0 Å². The molecule has 5 heteroatoms. The zero-order valence-corrected chi connectivity index (χ0v) is 15.9. The molecule has 0 radical (unpaired) electrons. The van der Waals surface area contributed by atoms with Crippen molar-refractivity contribution in [1.82, 2.24) is 9.55 Å². The number of aliphatic hydroxyl groups excluding tert-OH is 1. The van der Waals surface area contributed by atoms with Crippen LogP contribution >= 0.6 is 0 Å². The first-order valence-corrected chi connectivity index (χ1v) is 9.58. The second-order valence-corrected chi connectivity index (χ2v) is 7.22. The zero-order valence-electron chi connectivity index (χ0n) is 15.9. The smallest absolute Gasteiger partial charge is 0.137 e. The van der Waals surface area contributed by atoms with Crippen LogP contribution in [0.4, 0.5) is 0 Å². The largest absolute Gasteiger partial charge is 0.489 e. The van der Waals surface area contributed by atoms with Crippen molar-refractivity contribution in [1.29, 1.82) is 0 Å². The van der Waals surface area contributed by atoms with E-state index in [1.54, 1.807) is 13.1 Å². The maximum absolute atomic E-state index is 9.70. The molecule has 1 fully saturated rings. The summed E-state index contributed by atoms with van der Waals surface area (Å²) in [7, 11) is 0. The number of allylic oxidation sites excluding steroid dienone is 1. The summed E-state index contributed by atoms with van der Waals surface area (Å²) < 4.78 is 7.73. The molecule has 1 aliphatic carbocycles. The van der Waals surface area contributed by atoms with Crippen LogP contribution in [0.2, 0.25) is 0 Å². The first kappa shape index (κ1) is 18.5. The van der Waals surface area contributed by atoms with E-state index in [2.05, 4.69) is 53.5 Å². The normalized spacial score (nSPS) is 19.7. The fourth-order valence-electron chi connectivity index (χ4n) is 3.16. The Labute approximate surface area is 165 Å². The molecule has 1 heterocycles. The predicted octanol–water partition coefficient (Wildman–Crippen LogP) is 3.80. The molecule has 144 valence electrons. The Morgan fingerprint density at radius 1 is 1.18 bits per heavy atom. The molecule has 1 aliphatic rings. The molecule has 1 aromatic heterocycles. The molecule has 0 amide bonds. The van der Waals surface area contributed by atoms with Gasteiger partial charge in [0.1, 0.15) is 23.8 Å². The number of benzene rings is 2. The van der Waals surface area contributed by atoms with Crippen LogP contribution < -0.4 is 10.5 Å². The highest BCUT2D eigenvalue weighted by molar-refractivity contribution is 5.66. The quantitative estimate of drug-likeness (QED) is 0.659. The second-order valence-electron chi connectivity index (χ2n) is 7.22. The summed E-state index contributed by atoms with van der Waals surface area (Å²) in [6, 6.07) is 16.8. The lowest BCUT2D eigenvalue weighted by atomic mass is 10.0. The average Bonchev–Trinajstić information content (AvgIpc) is 3.18. The standard InChI is InChI=1S/C23H25N3O2/c1-16(27)23-25-12-14-26(23)13-2-3-17-4-6-18(7-5-17)19-8-10-20(11-9-19)28-22-15-21(22)24/h2-12,14,16,21-22,27H,13,15,24H2,1H3/b3-2+/t16?,21-,22-/m1/s1. The molecule has 0 spiro atoms. The third-order valence-electron chi connectivity index (χ3n) is 4.90. The Morgan fingerprint density at radius 2 is 1.82 bits per heavy atom. The van der Waals surface area contributed by atoms with Crippen molar-refractivity contribution in [2.24, 2.45) is 5.73 Å². The monoisotopic (exact) mass is 375 g/mol. The highest BCUT2D eigenvalue weighted by Crippen LogP contribution is 2.28. The van der Waals surface area contributed by atoms with Crippen LogP contribution in [0.1, 0.15) is 30.8 Å². The lowest BCUT2D eigenvalue weighted by molar-refractivity contribution is 0.184. The van der Waals surface area contributed by atoms with Gasteiger partial charge in [0.25, 0.3) is 0 Å². The molecule has 3 N–H and O–H groups in total. The van der Waals surface area contributed by atoms with E-state index in [9.17, 15) is 5.11 Å². The van der Waals surface area contributed by atoms with Crippen molar-refractivity contribution in [3.63, 3.8) is 0 Å². The molecule has 4 rings (SSSR count). The Balaban J connectivity index is 1.37. The predicted molar refractivity (Wildman–Crippen MR) is 111 cm³/mol. The van der Waals surface area contributed by atoms with Crippen molar-refractivity contribution in [2.75, 3.05) is 0 Å². The van der Waals surface area contributed by atoms with E-state index < -0.39 is 6.10 Å². The third-order valence-corrected chi connectivity index (χ3v) is 4.90. The fourth-order valence-corrected chi connectivity index (χ4v) is 3.16. The number of aliphatic hydroxyl groups is 1. The molecule has 3 aromatic rings. The van der Waals surface area contributed by atoms with Gasteiger partial charge in [0.2, 0.25) is 0 Å². The van der Waals surface area contributed by atoms with Gasteiger partial charge in [-0.2, -0.15) is 0 Å². The molecule has 0 saturated heterocycles. The van der Waals surface area contributed by atoms with Crippen molar-refractivity contribution < 1.29 is 9.84 Å². The minimum absolute atomic E-state index is 0.177. The maximum atomic E-state index is 9.70. The first-order valence-electron chi connectivity index (χ1n) is 9.58. The Morgan fingerprint density at radius 3 is 2.43 bits per heavy atom. The van der Waals surface area contributed by atoms with Crippen molar-refractivity contribution >= 4 is 6.08 Å². The Bertz CT molecular complexity index is 943. The van der Waals surface area contributed by atoms with Crippen molar-refractivity contribution in [3.05, 3.63) is 78.4 Å². The minimum Gasteiger partial charge on any atom is -0.489 e. The van der Waals surface area contributed by atoms with E-state index in [1.165, 1.54) is 0 Å². The van der Waals surface area contributed by atoms with E-state index in [0.717, 1.165) is 28.9 Å². The van der Waals surface area contributed by atoms with Crippen LogP contribution in [0, 0.1) is 0 Å². The molecule has 5 nitrogen and oxygen atoms in total. The van der Waals surface area contributed by atoms with Gasteiger partial charge in [-0.05, 0) is 35.7 Å². The topological polar surface area (TPSA) is 73.3 Å². The lowest BCUT2D eigenvalue weighted by Gasteiger charge is -2.07. The van der Waals surface area contributed by atoms with Gasteiger partial charge in [-0.15, -0.1) is 0 Å². The van der Waals surface area contributed by atoms with Crippen LogP contribution in [0.25, 0.3) is 17.2 Å². The highest BCUT2D eigenvalue weighted by atomic mass is 16.5. The van der Waals surface area contributed by atoms with Crippen molar-refractivity contribution in [3.8, 4) is 16.9 Å². The average molecular weight is 375 g/mol. The second kappa shape index (κ2) is 8.00. The number of nitrogens with two attached hydrogens (primary N) is 1. The molecular formula is C23H25N3O2. The van der Waals surface area contributed by atoms with Crippen LogP contribution in [-0.2, 0) is 6.54 Å². The van der Waals surface area contributed by atoms with E-state index in [0.29, 0.717) is 12.4 Å². The van der Waals surface area contributed by atoms with E-state index >= 15 is 0 Å². The summed E-state index contributed by atoms with van der Waals surface area (Å²) in [5, 5.41) is 9.70. The lowest BCUT2D eigenvalue weighted by Crippen LogP contribution is -2.10. The molecule has 0 bridgehead atoms. The summed E-state index contributed by atoms with van der Waals surface area (Å²) in [5.74, 6) is 1.55. The summed E-state index contributed by atoms with van der Waals surface area (Å²) in [4.78, 5) is 4.18. The molecular weight excluding hydrogens is 350 g/mol. The third kappa shape index (κ3) is 4.32. The van der Waals surface area contributed by atoms with Gasteiger partial charge in [-0.3, -0.25) is 0 Å². The van der Waals surface area contributed by atoms with Gasteiger partial charge in [-0.1, -0.05) is 48.6 Å². The number of hydrogen-bond donors (Lipinski definition) is 2. The summed E-state index contributed by atoms with van der Waals surface area (Å²) in [6.45, 7) is 2.40. The number of hydrogen-bond acceptors (Lipinski definition) is 4. The van der Waals surface area contributed by atoms with E-state index in [1.807, 2.05) is 22.9 Å². The van der Waals surface area contributed by atoms with Gasteiger partial charge in [-0.25, -0.2) is 4.98 Å². The number of aromatic nitrogens is 2. The molecule has 0 aliphatic heterocycles. The maximum Gasteiger partial charge on any atom is 0.137 e. The van der Waals surface area contributed by atoms with Crippen LogP contribution in [0.3, 0.4) is 0 Å². The highest BCUT2D eigenvalue weighted by Gasteiger charge is 2.35. The van der Waals surface area contributed by atoms with E-state index in [-0.39, 0.29) is 12.1 Å². The zero-order chi connectivity index (χ0) is 19.5. The molecule has 1 saturated carbocycles. The van der Waals surface area contributed by atoms with Crippen LogP contribution in [0.5, 0.6) is 5.75 Å². The number of rotatable bonds is 7. The number of imidazole rings is 1. The fraction of sp³-hybridized carbons (Fsp3) is 0.261. The first-order chi connectivity index (χ1) is 13.6. The van der Waals surface area contributed by atoms with Gasteiger partial charge in [0.15, 0.2) is 0 Å². The summed E-state index contributed by atoms with van der Waals surface area (Å²) in [6.07, 6.45) is 8.27. The van der Waals surface area contributed by atoms with Crippen LogP contribution in [-0.4, -0.2) is 26.8 Å². The van der Waals surface area contributed by atoms with Gasteiger partial charge < -0.3 is 20.1 Å². The summed E-state index contributed by atoms with van der Waals surface area (Å²) in [5.41, 5.74) is 9.24. The minimum atomic E-state index is -0.569. The SMILES string of the molecule is CC(O)c1nccn1C/C=C/c1ccc(-c2ccc(O[C@@H]3C[C@H]3N)cc2)cc1. The molecule has 1 unspecified atom stereocenters. The van der Waals surface area contributed by atoms with Gasteiger partial charge in [0, 0.05) is 31.4 Å². The number of ether oxygens (including phenoxy) is 1. The van der Waals surface area contributed by atoms with Gasteiger partial charge >= 0.3 is 0 Å². The molecule has 2 aromatic carbocycles. The number of nitrogens with zero attached hydrogens (tertiary/aromatic N) is 2. The molecule has 3 atom stereocenters. The summed E-state index contributed by atoms with van der Waals surface area (Å²) >= 11 is 0.